The van der Waals surface area contributed by atoms with E-state index >= 15 is 0 Å². The van der Waals surface area contributed by atoms with Gasteiger partial charge in [-0.05, 0) is 11.1 Å². The molecule has 0 aliphatic carbocycles. The fourth-order valence-electron chi connectivity index (χ4n) is 4.27. The zero-order chi connectivity index (χ0) is 27.7. The fraction of sp³-hybridized carbons (Fsp3) is 0.538. The molecule has 212 valence electrons. The van der Waals surface area contributed by atoms with Crippen LogP contribution in [0.15, 0.2) is 60.7 Å². The highest BCUT2D eigenvalue weighted by molar-refractivity contribution is 5.14. The van der Waals surface area contributed by atoms with Crippen molar-refractivity contribution in [3.8, 4) is 0 Å². The van der Waals surface area contributed by atoms with Gasteiger partial charge in [0.25, 0.3) is 0 Å². The van der Waals surface area contributed by atoms with Crippen molar-refractivity contribution in [2.45, 2.75) is 61.9 Å². The van der Waals surface area contributed by atoms with Crippen molar-refractivity contribution in [1.82, 2.24) is 10.1 Å². The Labute approximate surface area is 221 Å². The van der Waals surface area contributed by atoms with Gasteiger partial charge in [0, 0.05) is 0 Å². The summed E-state index contributed by atoms with van der Waals surface area (Å²) in [4.78, 5) is 11.0. The van der Waals surface area contributed by atoms with Crippen LogP contribution in [0.5, 0.6) is 0 Å². The minimum absolute atomic E-state index is 0.0380. The van der Waals surface area contributed by atoms with Gasteiger partial charge in [0.2, 0.25) is 0 Å². The number of piperidine rings is 2. The van der Waals surface area contributed by atoms with Gasteiger partial charge in [-0.3, -0.25) is 9.68 Å². The standard InChI is InChI=1S/2C13H19NO5/c2*15-7-10-12(17)13(18)11(16)6-14(10)19-8-9-4-2-1-3-5-9/h2*1-5,10-13,15-18H,6-8H2/t2*10-,11+,12+,13+/m10/s1. The monoisotopic (exact) mass is 538 g/mol. The first-order chi connectivity index (χ1) is 18.3. The third kappa shape index (κ3) is 7.99. The first-order valence-electron chi connectivity index (χ1n) is 12.4. The summed E-state index contributed by atoms with van der Waals surface area (Å²) in [5.74, 6) is 0. The maximum atomic E-state index is 9.78. The van der Waals surface area contributed by atoms with Gasteiger partial charge >= 0.3 is 0 Å². The lowest BCUT2D eigenvalue weighted by Crippen LogP contribution is -2.62. The molecule has 12 nitrogen and oxygen atoms in total. The second-order valence-electron chi connectivity index (χ2n) is 9.31. The molecular weight excluding hydrogens is 500 g/mol. The number of β-amino-alcohol motifs (C(OH)–C–C–N with tert-alkyl or cyclic N) is 2. The van der Waals surface area contributed by atoms with Gasteiger partial charge in [0.05, 0.1) is 63.8 Å². The Balaban J connectivity index is 0.000000211. The lowest BCUT2D eigenvalue weighted by atomic mass is 9.96. The Morgan fingerprint density at radius 1 is 0.553 bits per heavy atom. The third-order valence-electron chi connectivity index (χ3n) is 6.60. The summed E-state index contributed by atoms with van der Waals surface area (Å²) in [7, 11) is 0. The number of hydrogen-bond acceptors (Lipinski definition) is 12. The van der Waals surface area contributed by atoms with Crippen molar-refractivity contribution in [2.75, 3.05) is 26.3 Å². The number of aliphatic hydroxyl groups excluding tert-OH is 8. The van der Waals surface area contributed by atoms with E-state index in [0.717, 1.165) is 11.1 Å². The summed E-state index contributed by atoms with van der Waals surface area (Å²) in [6.07, 6.45) is -7.24. The van der Waals surface area contributed by atoms with Crippen molar-refractivity contribution in [3.63, 3.8) is 0 Å². The van der Waals surface area contributed by atoms with Gasteiger partial charge in [-0.1, -0.05) is 60.7 Å². The van der Waals surface area contributed by atoms with Crippen molar-refractivity contribution in [2.24, 2.45) is 0 Å². The molecule has 0 amide bonds. The molecule has 8 N–H and O–H groups in total. The average molecular weight is 539 g/mol. The summed E-state index contributed by atoms with van der Waals surface area (Å²) >= 11 is 0. The van der Waals surface area contributed by atoms with E-state index in [1.807, 2.05) is 60.7 Å². The Bertz CT molecular complexity index is 851. The molecule has 8 atom stereocenters. The first kappa shape index (κ1) is 30.5. The Morgan fingerprint density at radius 2 is 0.895 bits per heavy atom. The normalized spacial score (nSPS) is 32.4. The smallest absolute Gasteiger partial charge is 0.109 e. The predicted octanol–water partition coefficient (Wildman–Crippen LogP) is -2.25. The Hall–Kier alpha value is -2.04. The maximum Gasteiger partial charge on any atom is 0.109 e. The van der Waals surface area contributed by atoms with Gasteiger partial charge in [0.15, 0.2) is 0 Å². The van der Waals surface area contributed by atoms with Gasteiger partial charge in [0.1, 0.15) is 24.4 Å². The minimum Gasteiger partial charge on any atom is -0.395 e. The predicted molar refractivity (Wildman–Crippen MR) is 134 cm³/mol. The molecular formula is C26H38N2O10. The fourth-order valence-corrected chi connectivity index (χ4v) is 4.27. The van der Waals surface area contributed by atoms with Crippen molar-refractivity contribution >= 4 is 0 Å². The van der Waals surface area contributed by atoms with E-state index in [4.69, 9.17) is 9.68 Å². The molecule has 0 unspecified atom stereocenters. The van der Waals surface area contributed by atoms with Crippen LogP contribution in [0.3, 0.4) is 0 Å². The molecule has 0 spiro atoms. The Morgan fingerprint density at radius 3 is 1.21 bits per heavy atom. The van der Waals surface area contributed by atoms with Crippen LogP contribution in [0.4, 0.5) is 0 Å². The number of benzene rings is 2. The van der Waals surface area contributed by atoms with Crippen LogP contribution in [0, 0.1) is 0 Å². The van der Waals surface area contributed by atoms with Crippen LogP contribution in [-0.4, -0.2) is 126 Å². The van der Waals surface area contributed by atoms with E-state index in [1.54, 1.807) is 0 Å². The molecule has 2 aromatic rings. The largest absolute Gasteiger partial charge is 0.395 e. The molecule has 2 fully saturated rings. The first-order valence-corrected chi connectivity index (χ1v) is 12.4. The zero-order valence-corrected chi connectivity index (χ0v) is 20.9. The van der Waals surface area contributed by atoms with E-state index < -0.39 is 48.7 Å². The molecule has 2 aromatic carbocycles. The lowest BCUT2D eigenvalue weighted by molar-refractivity contribution is -0.273. The van der Waals surface area contributed by atoms with E-state index in [0.29, 0.717) is 0 Å². The summed E-state index contributed by atoms with van der Waals surface area (Å²) in [5.41, 5.74) is 1.88. The number of nitrogens with zero attached hydrogens (tertiary/aromatic N) is 2. The van der Waals surface area contributed by atoms with Crippen LogP contribution in [0.25, 0.3) is 0 Å². The van der Waals surface area contributed by atoms with Crippen LogP contribution in [0.1, 0.15) is 11.1 Å². The molecule has 2 aliphatic heterocycles. The lowest BCUT2D eigenvalue weighted by Gasteiger charge is -2.41. The summed E-state index contributed by atoms with van der Waals surface area (Å²) in [6, 6.07) is 17.4. The van der Waals surface area contributed by atoms with Gasteiger partial charge in [-0.15, -0.1) is 0 Å². The second kappa shape index (κ2) is 14.9. The summed E-state index contributed by atoms with van der Waals surface area (Å²) in [6.45, 7) is -0.105. The molecule has 0 saturated carbocycles. The van der Waals surface area contributed by atoms with Crippen molar-refractivity contribution in [3.05, 3.63) is 71.8 Å². The van der Waals surface area contributed by atoms with Crippen LogP contribution in [0.2, 0.25) is 0 Å². The number of aliphatic hydroxyl groups is 8. The van der Waals surface area contributed by atoms with Crippen LogP contribution >= 0.6 is 0 Å². The molecule has 0 radical (unpaired) electrons. The molecule has 2 heterocycles. The minimum atomic E-state index is -1.27. The number of rotatable bonds is 8. The third-order valence-corrected chi connectivity index (χ3v) is 6.60. The maximum absolute atomic E-state index is 9.78. The highest BCUT2D eigenvalue weighted by atomic mass is 16.7. The highest BCUT2D eigenvalue weighted by Gasteiger charge is 2.42. The van der Waals surface area contributed by atoms with Crippen molar-refractivity contribution in [1.29, 1.82) is 0 Å². The summed E-state index contributed by atoms with van der Waals surface area (Å²) in [5, 5.41) is 79.1. The average Bonchev–Trinajstić information content (AvgIpc) is 2.94. The second-order valence-corrected chi connectivity index (χ2v) is 9.31. The summed E-state index contributed by atoms with van der Waals surface area (Å²) < 4.78 is 0. The van der Waals surface area contributed by atoms with Gasteiger partial charge < -0.3 is 40.9 Å². The molecule has 2 aliphatic rings. The molecule has 0 aromatic heterocycles. The van der Waals surface area contributed by atoms with E-state index in [-0.39, 0.29) is 39.5 Å². The zero-order valence-electron chi connectivity index (χ0n) is 20.9. The number of hydrogen-bond donors (Lipinski definition) is 8. The Kier molecular flexibility index (Phi) is 12.0. The van der Waals surface area contributed by atoms with E-state index in [2.05, 4.69) is 0 Å². The van der Waals surface area contributed by atoms with Gasteiger partial charge in [-0.2, -0.15) is 10.1 Å². The quantitative estimate of drug-likeness (QED) is 0.181. The van der Waals surface area contributed by atoms with E-state index in [1.165, 1.54) is 10.1 Å². The molecule has 4 rings (SSSR count). The van der Waals surface area contributed by atoms with Crippen LogP contribution < -0.4 is 0 Å². The molecule has 2 saturated heterocycles. The highest BCUT2D eigenvalue weighted by Crippen LogP contribution is 2.21. The van der Waals surface area contributed by atoms with Crippen molar-refractivity contribution < 1.29 is 50.5 Å². The molecule has 38 heavy (non-hydrogen) atoms. The van der Waals surface area contributed by atoms with Crippen LogP contribution in [-0.2, 0) is 22.9 Å². The molecule has 12 heteroatoms. The van der Waals surface area contributed by atoms with E-state index in [9.17, 15) is 40.9 Å². The number of hydroxylamine groups is 4. The molecule has 0 bridgehead atoms. The van der Waals surface area contributed by atoms with Gasteiger partial charge in [-0.25, -0.2) is 0 Å². The SMILES string of the molecule is OC[C@@H]1[C@H](O)[C@@H](O)[C@@H](O)CN1OCc1ccccc1.OC[C@H]1[C@@H](O)[C@H](O)[C@H](O)CN1OCc1ccccc1. The topological polar surface area (TPSA) is 187 Å².